The molecule has 2 rings (SSSR count). The number of nitrogens with one attached hydrogen (secondary N) is 1. The summed E-state index contributed by atoms with van der Waals surface area (Å²) in [6, 6.07) is 0.964. The summed E-state index contributed by atoms with van der Waals surface area (Å²) in [4.78, 5) is 9.02. The van der Waals surface area contributed by atoms with Crippen LogP contribution in [0.5, 0.6) is 0 Å². The van der Waals surface area contributed by atoms with Crippen molar-refractivity contribution in [2.24, 2.45) is 0 Å². The molecule has 0 spiro atoms. The maximum absolute atomic E-state index is 12.5. The zero-order valence-electron chi connectivity index (χ0n) is 9.63. The summed E-state index contributed by atoms with van der Waals surface area (Å²) in [5.41, 5.74) is -1.03. The molecule has 1 aliphatic rings. The van der Waals surface area contributed by atoms with Gasteiger partial charge in [0.15, 0.2) is 5.69 Å². The van der Waals surface area contributed by atoms with E-state index in [9.17, 15) is 13.2 Å². The summed E-state index contributed by atoms with van der Waals surface area (Å²) < 4.78 is 37.6. The molecule has 0 radical (unpaired) electrons. The van der Waals surface area contributed by atoms with E-state index in [4.69, 9.17) is 11.6 Å². The Hall–Kier alpha value is -1.08. The number of likely N-dealkylation sites (tertiary alicyclic amines) is 1. The van der Waals surface area contributed by atoms with Crippen LogP contribution >= 0.6 is 11.6 Å². The first-order valence-electron chi connectivity index (χ1n) is 5.41. The summed E-state index contributed by atoms with van der Waals surface area (Å²) >= 11 is 5.50. The van der Waals surface area contributed by atoms with E-state index in [1.807, 2.05) is 7.05 Å². The Balaban J connectivity index is 2.15. The summed E-state index contributed by atoms with van der Waals surface area (Å²) in [5, 5.41) is 2.54. The van der Waals surface area contributed by atoms with Gasteiger partial charge in [-0.25, -0.2) is 9.97 Å². The molecule has 1 N–H and O–H groups in total. The minimum atomic E-state index is -4.52. The van der Waals surface area contributed by atoms with Crippen molar-refractivity contribution in [2.45, 2.75) is 18.6 Å². The van der Waals surface area contributed by atoms with Gasteiger partial charge in [-0.3, -0.25) is 0 Å². The average Bonchev–Trinajstić information content (AvgIpc) is 2.61. The third-order valence-corrected chi connectivity index (χ3v) is 2.90. The van der Waals surface area contributed by atoms with Gasteiger partial charge in [-0.1, -0.05) is 0 Å². The number of nitrogens with zero attached hydrogens (tertiary/aromatic N) is 3. The highest BCUT2D eigenvalue weighted by molar-refractivity contribution is 6.28. The fourth-order valence-electron chi connectivity index (χ4n) is 1.90. The maximum atomic E-state index is 12.5. The van der Waals surface area contributed by atoms with Crippen molar-refractivity contribution in [1.29, 1.82) is 0 Å². The lowest BCUT2D eigenvalue weighted by molar-refractivity contribution is -0.141. The van der Waals surface area contributed by atoms with Crippen molar-refractivity contribution in [1.82, 2.24) is 14.9 Å². The van der Waals surface area contributed by atoms with Crippen LogP contribution in [0.4, 0.5) is 19.0 Å². The van der Waals surface area contributed by atoms with E-state index in [0.717, 1.165) is 25.6 Å². The Morgan fingerprint density at radius 1 is 1.44 bits per heavy atom. The first-order valence-corrected chi connectivity index (χ1v) is 5.79. The molecule has 0 saturated carbocycles. The van der Waals surface area contributed by atoms with Crippen LogP contribution in [0.25, 0.3) is 0 Å². The van der Waals surface area contributed by atoms with Crippen molar-refractivity contribution >= 4 is 17.4 Å². The molecule has 4 nitrogen and oxygen atoms in total. The Labute approximate surface area is 107 Å². The van der Waals surface area contributed by atoms with E-state index in [1.165, 1.54) is 0 Å². The van der Waals surface area contributed by atoms with Gasteiger partial charge in [0.2, 0.25) is 5.28 Å². The average molecular weight is 281 g/mol. The highest BCUT2D eigenvalue weighted by Crippen LogP contribution is 2.29. The predicted octanol–water partition coefficient (Wildman–Crippen LogP) is 2.26. The van der Waals surface area contributed by atoms with Gasteiger partial charge in [0, 0.05) is 18.7 Å². The van der Waals surface area contributed by atoms with Crippen molar-refractivity contribution in [3.63, 3.8) is 0 Å². The van der Waals surface area contributed by atoms with Crippen molar-refractivity contribution in [2.75, 3.05) is 25.5 Å². The lowest BCUT2D eigenvalue weighted by Gasteiger charge is -2.14. The number of hydrogen-bond donors (Lipinski definition) is 1. The fraction of sp³-hybridized carbons (Fsp3) is 0.600. The molecule has 8 heteroatoms. The van der Waals surface area contributed by atoms with Gasteiger partial charge in [-0.2, -0.15) is 13.2 Å². The van der Waals surface area contributed by atoms with Crippen LogP contribution in [0.15, 0.2) is 6.07 Å². The zero-order chi connectivity index (χ0) is 13.3. The third kappa shape index (κ3) is 3.23. The lowest BCUT2D eigenvalue weighted by atomic mass is 10.2. The second-order valence-electron chi connectivity index (χ2n) is 4.30. The number of likely N-dealkylation sites (N-methyl/N-ethyl adjacent to an activating group) is 1. The number of rotatable bonds is 2. The zero-order valence-corrected chi connectivity index (χ0v) is 10.4. The Bertz CT molecular complexity index is 438. The van der Waals surface area contributed by atoms with Crippen molar-refractivity contribution in [3.8, 4) is 0 Å². The van der Waals surface area contributed by atoms with Crippen LogP contribution in [0.2, 0.25) is 5.28 Å². The smallest absolute Gasteiger partial charge is 0.366 e. The molecule has 1 unspecified atom stereocenters. The molecule has 2 heterocycles. The van der Waals surface area contributed by atoms with Gasteiger partial charge in [0.1, 0.15) is 5.82 Å². The largest absolute Gasteiger partial charge is 0.433 e. The molecular weight excluding hydrogens is 269 g/mol. The number of halogens is 4. The molecule has 100 valence electrons. The minimum absolute atomic E-state index is 0.0852. The molecule has 18 heavy (non-hydrogen) atoms. The van der Waals surface area contributed by atoms with E-state index in [-0.39, 0.29) is 11.9 Å². The van der Waals surface area contributed by atoms with E-state index < -0.39 is 17.2 Å². The molecule has 0 bridgehead atoms. The SMILES string of the molecule is CN1CCC(Nc2cc(C(F)(F)F)nc(Cl)n2)C1. The van der Waals surface area contributed by atoms with Crippen molar-refractivity contribution < 1.29 is 13.2 Å². The van der Waals surface area contributed by atoms with E-state index in [0.29, 0.717) is 0 Å². The molecule has 0 aliphatic carbocycles. The third-order valence-electron chi connectivity index (χ3n) is 2.73. The van der Waals surface area contributed by atoms with Crippen LogP contribution in [0.3, 0.4) is 0 Å². The van der Waals surface area contributed by atoms with Crippen molar-refractivity contribution in [3.05, 3.63) is 17.0 Å². The molecular formula is C10H12ClF3N4. The van der Waals surface area contributed by atoms with Crippen LogP contribution in [-0.4, -0.2) is 41.0 Å². The number of aromatic nitrogens is 2. The standard InChI is InChI=1S/C10H12ClF3N4/c1-18-3-2-6(5-18)15-8-4-7(10(12,13)14)16-9(11)17-8/h4,6H,2-3,5H2,1H3,(H,15,16,17). The summed E-state index contributed by atoms with van der Waals surface area (Å²) in [7, 11) is 1.95. The maximum Gasteiger partial charge on any atom is 0.433 e. The summed E-state index contributed by atoms with van der Waals surface area (Å²) in [5.74, 6) is 0.114. The second kappa shape index (κ2) is 4.89. The molecule has 1 aliphatic heterocycles. The van der Waals surface area contributed by atoms with Crippen LogP contribution in [0.1, 0.15) is 12.1 Å². The quantitative estimate of drug-likeness (QED) is 0.844. The van der Waals surface area contributed by atoms with Gasteiger partial charge in [-0.05, 0) is 31.6 Å². The predicted molar refractivity (Wildman–Crippen MR) is 61.6 cm³/mol. The molecule has 1 aromatic rings. The van der Waals surface area contributed by atoms with Gasteiger partial charge in [0.25, 0.3) is 0 Å². The Morgan fingerprint density at radius 3 is 2.72 bits per heavy atom. The lowest BCUT2D eigenvalue weighted by Crippen LogP contribution is -2.24. The Morgan fingerprint density at radius 2 is 2.17 bits per heavy atom. The van der Waals surface area contributed by atoms with E-state index >= 15 is 0 Å². The first-order chi connectivity index (χ1) is 8.34. The van der Waals surface area contributed by atoms with Gasteiger partial charge in [-0.15, -0.1) is 0 Å². The topological polar surface area (TPSA) is 41.0 Å². The van der Waals surface area contributed by atoms with Crippen LogP contribution in [0, 0.1) is 0 Å². The van der Waals surface area contributed by atoms with E-state index in [2.05, 4.69) is 20.2 Å². The molecule has 0 aromatic carbocycles. The summed E-state index contributed by atoms with van der Waals surface area (Å²) in [6.45, 7) is 1.67. The number of alkyl halides is 3. The monoisotopic (exact) mass is 280 g/mol. The summed E-state index contributed by atoms with van der Waals surface area (Å²) in [6.07, 6.45) is -3.66. The minimum Gasteiger partial charge on any atom is -0.366 e. The molecule has 0 amide bonds. The van der Waals surface area contributed by atoms with Gasteiger partial charge in [0.05, 0.1) is 0 Å². The second-order valence-corrected chi connectivity index (χ2v) is 4.64. The molecule has 1 saturated heterocycles. The molecule has 1 fully saturated rings. The van der Waals surface area contributed by atoms with Gasteiger partial charge >= 0.3 is 6.18 Å². The Kier molecular flexibility index (Phi) is 3.63. The highest BCUT2D eigenvalue weighted by atomic mass is 35.5. The number of anilines is 1. The van der Waals surface area contributed by atoms with E-state index in [1.54, 1.807) is 0 Å². The van der Waals surface area contributed by atoms with Crippen LogP contribution < -0.4 is 5.32 Å². The van der Waals surface area contributed by atoms with Gasteiger partial charge < -0.3 is 10.2 Å². The molecule has 1 aromatic heterocycles. The molecule has 1 atom stereocenters. The first kappa shape index (κ1) is 13.4. The number of hydrogen-bond acceptors (Lipinski definition) is 4. The fourth-order valence-corrected chi connectivity index (χ4v) is 2.08. The normalized spacial score (nSPS) is 21.3. The highest BCUT2D eigenvalue weighted by Gasteiger charge is 2.34. The van der Waals surface area contributed by atoms with Crippen LogP contribution in [-0.2, 0) is 6.18 Å².